The number of halogens is 4. The fourth-order valence-corrected chi connectivity index (χ4v) is 3.13. The molecule has 1 amide bonds. The lowest BCUT2D eigenvalue weighted by Crippen LogP contribution is -2.15. The molecule has 1 heterocycles. The highest BCUT2D eigenvalue weighted by atomic mass is 35.5. The molecule has 0 aliphatic heterocycles. The molecule has 0 saturated heterocycles. The molecule has 0 saturated carbocycles. The Morgan fingerprint density at radius 2 is 1.96 bits per heavy atom. The van der Waals surface area contributed by atoms with Crippen LogP contribution in [0.25, 0.3) is 11.3 Å². The standard InChI is InChI=1S/C17H10ClF3N2OS/c18-12-2-1-3-13(20)10(12)7-16(24)23-17-22-15(8-25-17)11-6-9(19)4-5-14(11)21/h1-6,8H,7H2,(H,22,23,24). The lowest BCUT2D eigenvalue weighted by atomic mass is 10.1. The van der Waals surface area contributed by atoms with Gasteiger partial charge < -0.3 is 5.32 Å². The summed E-state index contributed by atoms with van der Waals surface area (Å²) in [6, 6.07) is 7.17. The van der Waals surface area contributed by atoms with Gasteiger partial charge in [0.05, 0.1) is 12.1 Å². The summed E-state index contributed by atoms with van der Waals surface area (Å²) < 4.78 is 40.7. The van der Waals surface area contributed by atoms with Gasteiger partial charge in [0.15, 0.2) is 5.13 Å². The van der Waals surface area contributed by atoms with Gasteiger partial charge >= 0.3 is 0 Å². The molecule has 0 radical (unpaired) electrons. The van der Waals surface area contributed by atoms with Crippen molar-refractivity contribution >= 4 is 34.0 Å². The second kappa shape index (κ2) is 7.25. The molecule has 0 fully saturated rings. The number of amides is 1. The Bertz CT molecular complexity index is 925. The lowest BCUT2D eigenvalue weighted by molar-refractivity contribution is -0.115. The molecule has 3 rings (SSSR count). The smallest absolute Gasteiger partial charge is 0.230 e. The fraction of sp³-hybridized carbons (Fsp3) is 0.0588. The second-order valence-electron chi connectivity index (χ2n) is 5.09. The van der Waals surface area contributed by atoms with E-state index in [1.54, 1.807) is 0 Å². The van der Waals surface area contributed by atoms with Gasteiger partial charge in [-0.2, -0.15) is 0 Å². The Morgan fingerprint density at radius 3 is 2.72 bits per heavy atom. The molecule has 1 aromatic heterocycles. The molecule has 0 atom stereocenters. The van der Waals surface area contributed by atoms with Crippen molar-refractivity contribution in [3.8, 4) is 11.3 Å². The number of thiazole rings is 1. The van der Waals surface area contributed by atoms with E-state index in [4.69, 9.17) is 11.6 Å². The summed E-state index contributed by atoms with van der Waals surface area (Å²) in [7, 11) is 0. The van der Waals surface area contributed by atoms with Crippen LogP contribution < -0.4 is 5.32 Å². The van der Waals surface area contributed by atoms with Crippen LogP contribution in [-0.2, 0) is 11.2 Å². The van der Waals surface area contributed by atoms with Crippen LogP contribution >= 0.6 is 22.9 Å². The van der Waals surface area contributed by atoms with Crippen molar-refractivity contribution in [2.45, 2.75) is 6.42 Å². The summed E-state index contributed by atoms with van der Waals surface area (Å²) in [5.41, 5.74) is 0.268. The summed E-state index contributed by atoms with van der Waals surface area (Å²) in [6.45, 7) is 0. The van der Waals surface area contributed by atoms with Gasteiger partial charge in [0.1, 0.15) is 17.5 Å². The SMILES string of the molecule is O=C(Cc1c(F)cccc1Cl)Nc1nc(-c2cc(F)ccc2F)cs1. The number of benzene rings is 2. The van der Waals surface area contributed by atoms with Crippen LogP contribution in [0, 0.1) is 17.5 Å². The number of hydrogen-bond acceptors (Lipinski definition) is 3. The maximum Gasteiger partial charge on any atom is 0.230 e. The topological polar surface area (TPSA) is 42.0 Å². The summed E-state index contributed by atoms with van der Waals surface area (Å²) in [5, 5.41) is 4.33. The molecule has 0 aliphatic rings. The van der Waals surface area contributed by atoms with Crippen LogP contribution in [0.5, 0.6) is 0 Å². The van der Waals surface area contributed by atoms with Gasteiger partial charge in [-0.25, -0.2) is 18.2 Å². The fourth-order valence-electron chi connectivity index (χ4n) is 2.17. The number of hydrogen-bond donors (Lipinski definition) is 1. The maximum atomic E-state index is 13.8. The molecule has 3 aromatic rings. The minimum absolute atomic E-state index is 0.00565. The van der Waals surface area contributed by atoms with E-state index in [0.717, 1.165) is 29.5 Å². The number of nitrogens with zero attached hydrogens (tertiary/aromatic N) is 1. The summed E-state index contributed by atoms with van der Waals surface area (Å²) in [5.74, 6) is -2.32. The molecule has 1 N–H and O–H groups in total. The minimum Gasteiger partial charge on any atom is -0.302 e. The van der Waals surface area contributed by atoms with Gasteiger partial charge in [-0.1, -0.05) is 17.7 Å². The highest BCUT2D eigenvalue weighted by Gasteiger charge is 2.15. The predicted octanol–water partition coefficient (Wildman–Crippen LogP) is 5.06. The number of carbonyl (C=O) groups is 1. The zero-order valence-electron chi connectivity index (χ0n) is 12.5. The Balaban J connectivity index is 1.75. The zero-order valence-corrected chi connectivity index (χ0v) is 14.1. The summed E-state index contributed by atoms with van der Waals surface area (Å²) in [6.07, 6.45) is -0.269. The first-order chi connectivity index (χ1) is 11.9. The quantitative estimate of drug-likeness (QED) is 0.685. The first-order valence-corrected chi connectivity index (χ1v) is 8.33. The third kappa shape index (κ3) is 4.00. The van der Waals surface area contributed by atoms with E-state index in [1.807, 2.05) is 0 Å². The molecule has 0 unspecified atom stereocenters. The van der Waals surface area contributed by atoms with Crippen LogP contribution in [0.1, 0.15) is 5.56 Å². The van der Waals surface area contributed by atoms with Crippen molar-refractivity contribution in [3.05, 3.63) is 69.8 Å². The molecule has 0 aliphatic carbocycles. The van der Waals surface area contributed by atoms with E-state index in [2.05, 4.69) is 10.3 Å². The molecular weight excluding hydrogens is 373 g/mol. The Hall–Kier alpha value is -2.38. The lowest BCUT2D eigenvalue weighted by Gasteiger charge is -2.05. The van der Waals surface area contributed by atoms with Crippen molar-refractivity contribution in [2.24, 2.45) is 0 Å². The highest BCUT2D eigenvalue weighted by Crippen LogP contribution is 2.28. The molecule has 8 heteroatoms. The number of rotatable bonds is 4. The third-order valence-corrected chi connectivity index (χ3v) is 4.47. The molecule has 3 nitrogen and oxygen atoms in total. The summed E-state index contributed by atoms with van der Waals surface area (Å²) in [4.78, 5) is 16.1. The Labute approximate surface area is 150 Å². The van der Waals surface area contributed by atoms with E-state index < -0.39 is 23.4 Å². The van der Waals surface area contributed by atoms with E-state index >= 15 is 0 Å². The van der Waals surface area contributed by atoms with Gasteiger partial charge in [-0.15, -0.1) is 11.3 Å². The monoisotopic (exact) mass is 382 g/mol. The number of carbonyl (C=O) groups excluding carboxylic acids is 1. The summed E-state index contributed by atoms with van der Waals surface area (Å²) >= 11 is 6.93. The zero-order chi connectivity index (χ0) is 18.0. The van der Waals surface area contributed by atoms with Crippen LogP contribution in [0.3, 0.4) is 0 Å². The van der Waals surface area contributed by atoms with Crippen LogP contribution in [0.15, 0.2) is 41.8 Å². The van der Waals surface area contributed by atoms with Gasteiger partial charge in [-0.3, -0.25) is 4.79 Å². The van der Waals surface area contributed by atoms with Crippen LogP contribution in [0.4, 0.5) is 18.3 Å². The number of nitrogens with one attached hydrogen (secondary N) is 1. The van der Waals surface area contributed by atoms with Crippen molar-refractivity contribution < 1.29 is 18.0 Å². The number of anilines is 1. The first-order valence-electron chi connectivity index (χ1n) is 7.07. The Kier molecular flexibility index (Phi) is 5.06. The van der Waals surface area contributed by atoms with E-state index in [0.29, 0.717) is 0 Å². The highest BCUT2D eigenvalue weighted by molar-refractivity contribution is 7.14. The van der Waals surface area contributed by atoms with Crippen molar-refractivity contribution in [3.63, 3.8) is 0 Å². The van der Waals surface area contributed by atoms with E-state index in [9.17, 15) is 18.0 Å². The normalized spacial score (nSPS) is 10.7. The minimum atomic E-state index is -0.622. The molecule has 0 bridgehead atoms. The third-order valence-electron chi connectivity index (χ3n) is 3.35. The Morgan fingerprint density at radius 1 is 1.16 bits per heavy atom. The predicted molar refractivity (Wildman–Crippen MR) is 91.2 cm³/mol. The molecule has 0 spiro atoms. The van der Waals surface area contributed by atoms with Crippen molar-refractivity contribution in [2.75, 3.05) is 5.32 Å². The first kappa shape index (κ1) is 17.4. The van der Waals surface area contributed by atoms with Crippen molar-refractivity contribution in [1.29, 1.82) is 0 Å². The molecule has 25 heavy (non-hydrogen) atoms. The van der Waals surface area contributed by atoms with Gasteiger partial charge in [0.2, 0.25) is 5.91 Å². The largest absolute Gasteiger partial charge is 0.302 e. The van der Waals surface area contributed by atoms with Gasteiger partial charge in [0.25, 0.3) is 0 Å². The van der Waals surface area contributed by atoms with E-state index in [1.165, 1.54) is 23.6 Å². The molecule has 2 aromatic carbocycles. The van der Waals surface area contributed by atoms with Crippen LogP contribution in [-0.4, -0.2) is 10.9 Å². The van der Waals surface area contributed by atoms with Crippen LogP contribution in [0.2, 0.25) is 5.02 Å². The van der Waals surface area contributed by atoms with Crippen molar-refractivity contribution in [1.82, 2.24) is 4.98 Å². The second-order valence-corrected chi connectivity index (χ2v) is 6.35. The average molecular weight is 383 g/mol. The van der Waals surface area contributed by atoms with Gasteiger partial charge in [0, 0.05) is 21.5 Å². The number of aromatic nitrogens is 1. The molecule has 128 valence electrons. The maximum absolute atomic E-state index is 13.8. The van der Waals surface area contributed by atoms with Gasteiger partial charge in [-0.05, 0) is 30.3 Å². The molecular formula is C17H10ClF3N2OS. The van der Waals surface area contributed by atoms with E-state index in [-0.39, 0.29) is 33.4 Å². The average Bonchev–Trinajstić information content (AvgIpc) is 3.01.